The van der Waals surface area contributed by atoms with Crippen LogP contribution in [0.15, 0.2) is 12.3 Å². The maximum absolute atomic E-state index is 11.4. The summed E-state index contributed by atoms with van der Waals surface area (Å²) in [6.07, 6.45) is 1.42. The highest BCUT2D eigenvalue weighted by Crippen LogP contribution is 2.13. The molecule has 1 aliphatic heterocycles. The van der Waals surface area contributed by atoms with Crippen molar-refractivity contribution >= 4 is 17.8 Å². The number of rotatable bonds is 1. The first-order valence-electron chi connectivity index (χ1n) is 4.95. The third-order valence-electron chi connectivity index (χ3n) is 2.44. The Morgan fingerprint density at radius 2 is 2.35 bits per heavy atom. The largest absolute Gasteiger partial charge is 0.320 e. The molecule has 1 aliphatic rings. The Labute approximate surface area is 97.1 Å². The number of nitriles is 1. The predicted octanol–water partition coefficient (Wildman–Crippen LogP) is -0.800. The molecule has 0 aliphatic carbocycles. The Balaban J connectivity index is 2.34. The molecule has 86 valence electrons. The van der Waals surface area contributed by atoms with Crippen LogP contribution in [0, 0.1) is 11.3 Å². The van der Waals surface area contributed by atoms with Gasteiger partial charge in [-0.1, -0.05) is 0 Å². The van der Waals surface area contributed by atoms with Crippen LogP contribution in [0.4, 0.5) is 5.95 Å². The van der Waals surface area contributed by atoms with Crippen molar-refractivity contribution in [3.05, 3.63) is 18.0 Å². The fraction of sp³-hybridized carbons (Fsp3) is 0.300. The lowest BCUT2D eigenvalue weighted by atomic mass is 10.2. The van der Waals surface area contributed by atoms with Gasteiger partial charge in [-0.2, -0.15) is 5.26 Å². The molecule has 0 spiro atoms. The minimum Gasteiger partial charge on any atom is -0.320 e. The minimum atomic E-state index is -0.540. The predicted molar refractivity (Wildman–Crippen MR) is 56.7 cm³/mol. The van der Waals surface area contributed by atoms with Crippen molar-refractivity contribution < 1.29 is 9.59 Å². The van der Waals surface area contributed by atoms with E-state index in [1.165, 1.54) is 17.2 Å². The van der Waals surface area contributed by atoms with Gasteiger partial charge in [-0.15, -0.1) is 0 Å². The number of hydrogen-bond acceptors (Lipinski definition) is 6. The summed E-state index contributed by atoms with van der Waals surface area (Å²) in [5.41, 5.74) is 0.195. The van der Waals surface area contributed by atoms with E-state index in [1.54, 1.807) is 6.92 Å². The summed E-state index contributed by atoms with van der Waals surface area (Å²) in [5, 5.41) is 10.9. The van der Waals surface area contributed by atoms with Crippen molar-refractivity contribution in [2.75, 3.05) is 11.4 Å². The molecule has 0 aromatic carbocycles. The molecule has 1 unspecified atom stereocenters. The van der Waals surface area contributed by atoms with Crippen molar-refractivity contribution in [3.8, 4) is 6.07 Å². The molecule has 2 rings (SSSR count). The number of aromatic nitrogens is 2. The van der Waals surface area contributed by atoms with Gasteiger partial charge in [-0.05, 0) is 13.0 Å². The van der Waals surface area contributed by atoms with E-state index in [1.807, 2.05) is 6.07 Å². The molecule has 0 saturated carbocycles. The number of anilines is 1. The van der Waals surface area contributed by atoms with Crippen molar-refractivity contribution in [2.45, 2.75) is 13.0 Å². The number of nitrogens with zero attached hydrogens (tertiary/aromatic N) is 4. The Kier molecular flexibility index (Phi) is 2.70. The molecule has 1 saturated heterocycles. The van der Waals surface area contributed by atoms with E-state index in [0.717, 1.165) is 0 Å². The van der Waals surface area contributed by atoms with E-state index in [0.29, 0.717) is 0 Å². The van der Waals surface area contributed by atoms with Gasteiger partial charge in [0.2, 0.25) is 17.8 Å². The Morgan fingerprint density at radius 1 is 1.59 bits per heavy atom. The zero-order valence-electron chi connectivity index (χ0n) is 9.04. The van der Waals surface area contributed by atoms with Crippen molar-refractivity contribution in [3.63, 3.8) is 0 Å². The van der Waals surface area contributed by atoms with E-state index in [2.05, 4.69) is 15.3 Å². The summed E-state index contributed by atoms with van der Waals surface area (Å²) in [4.78, 5) is 32.1. The zero-order chi connectivity index (χ0) is 12.4. The normalized spacial score (nSPS) is 19.8. The molecule has 1 aromatic heterocycles. The van der Waals surface area contributed by atoms with Gasteiger partial charge in [0.05, 0.1) is 0 Å². The van der Waals surface area contributed by atoms with Gasteiger partial charge < -0.3 is 4.90 Å². The molecule has 1 N–H and O–H groups in total. The van der Waals surface area contributed by atoms with Gasteiger partial charge in [0.1, 0.15) is 24.3 Å². The summed E-state index contributed by atoms with van der Waals surface area (Å²) in [7, 11) is 0. The van der Waals surface area contributed by atoms with Crippen LogP contribution in [-0.2, 0) is 9.59 Å². The van der Waals surface area contributed by atoms with Crippen molar-refractivity contribution in [1.29, 1.82) is 5.26 Å². The first-order valence-corrected chi connectivity index (χ1v) is 4.95. The SMILES string of the molecule is CC1C(=O)NC(=O)CN1c1nccc(C#N)n1. The number of imide groups is 1. The molecule has 1 atom stereocenters. The smallest absolute Gasteiger partial charge is 0.249 e. The molecular formula is C10H9N5O2. The number of piperazine rings is 1. The number of amides is 2. The maximum Gasteiger partial charge on any atom is 0.249 e. The lowest BCUT2D eigenvalue weighted by molar-refractivity contribution is -0.132. The number of carbonyl (C=O) groups is 2. The van der Waals surface area contributed by atoms with Gasteiger partial charge in [0.15, 0.2) is 0 Å². The summed E-state index contributed by atoms with van der Waals surface area (Å²) < 4.78 is 0. The molecule has 1 fully saturated rings. The highest BCUT2D eigenvalue weighted by molar-refractivity contribution is 6.04. The first-order chi connectivity index (χ1) is 8.11. The Bertz CT molecular complexity index is 522. The van der Waals surface area contributed by atoms with E-state index in [-0.39, 0.29) is 18.2 Å². The highest BCUT2D eigenvalue weighted by Gasteiger charge is 2.31. The van der Waals surface area contributed by atoms with Crippen LogP contribution >= 0.6 is 0 Å². The molecule has 1 aromatic rings. The van der Waals surface area contributed by atoms with Crippen molar-refractivity contribution in [2.24, 2.45) is 0 Å². The quantitative estimate of drug-likeness (QED) is 0.635. The van der Waals surface area contributed by atoms with Crippen molar-refractivity contribution in [1.82, 2.24) is 15.3 Å². The average Bonchev–Trinajstić information content (AvgIpc) is 2.34. The maximum atomic E-state index is 11.4. The average molecular weight is 231 g/mol. The summed E-state index contributed by atoms with van der Waals surface area (Å²) in [6, 6.07) is 2.80. The van der Waals surface area contributed by atoms with E-state index in [9.17, 15) is 9.59 Å². The lowest BCUT2D eigenvalue weighted by Gasteiger charge is -2.31. The van der Waals surface area contributed by atoms with Crippen LogP contribution in [0.25, 0.3) is 0 Å². The van der Waals surface area contributed by atoms with Gasteiger partial charge in [0.25, 0.3) is 0 Å². The highest BCUT2D eigenvalue weighted by atomic mass is 16.2. The van der Waals surface area contributed by atoms with Gasteiger partial charge in [0, 0.05) is 6.20 Å². The standard InChI is InChI=1S/C10H9N5O2/c1-6-9(17)14-8(16)5-15(6)10-12-3-2-7(4-11)13-10/h2-3,6H,5H2,1H3,(H,14,16,17). The Hall–Kier alpha value is -2.49. The third-order valence-corrected chi connectivity index (χ3v) is 2.44. The fourth-order valence-corrected chi connectivity index (χ4v) is 1.51. The minimum absolute atomic E-state index is 0.00177. The summed E-state index contributed by atoms with van der Waals surface area (Å²) in [5.74, 6) is -0.592. The number of carbonyl (C=O) groups excluding carboxylic acids is 2. The Morgan fingerprint density at radius 3 is 3.06 bits per heavy atom. The van der Waals surface area contributed by atoms with Crippen LogP contribution in [0.2, 0.25) is 0 Å². The van der Waals surface area contributed by atoms with E-state index >= 15 is 0 Å². The van der Waals surface area contributed by atoms with Crippen LogP contribution in [0.1, 0.15) is 12.6 Å². The molecule has 17 heavy (non-hydrogen) atoms. The third kappa shape index (κ3) is 2.06. The van der Waals surface area contributed by atoms with Gasteiger partial charge in [-0.3, -0.25) is 14.9 Å². The van der Waals surface area contributed by atoms with Gasteiger partial charge in [-0.25, -0.2) is 9.97 Å². The monoisotopic (exact) mass is 231 g/mol. The molecule has 2 amide bonds. The lowest BCUT2D eigenvalue weighted by Crippen LogP contribution is -2.57. The van der Waals surface area contributed by atoms with Crippen LogP contribution in [0.5, 0.6) is 0 Å². The second-order valence-electron chi connectivity index (χ2n) is 3.57. The number of hydrogen-bond donors (Lipinski definition) is 1. The first kappa shape index (κ1) is 11.0. The summed E-state index contributed by atoms with van der Waals surface area (Å²) >= 11 is 0. The van der Waals surface area contributed by atoms with Gasteiger partial charge >= 0.3 is 0 Å². The topological polar surface area (TPSA) is 99.0 Å². The molecule has 7 heteroatoms. The van der Waals surface area contributed by atoms with E-state index in [4.69, 9.17) is 5.26 Å². The van der Waals surface area contributed by atoms with E-state index < -0.39 is 17.9 Å². The molecule has 0 radical (unpaired) electrons. The zero-order valence-corrected chi connectivity index (χ0v) is 9.04. The molecule has 0 bridgehead atoms. The van der Waals surface area contributed by atoms with Crippen LogP contribution in [0.3, 0.4) is 0 Å². The molecule has 2 heterocycles. The second-order valence-corrected chi connectivity index (χ2v) is 3.57. The molecule has 7 nitrogen and oxygen atoms in total. The summed E-state index contributed by atoms with van der Waals surface area (Å²) in [6.45, 7) is 1.64. The second kappa shape index (κ2) is 4.17. The molecular weight excluding hydrogens is 222 g/mol. The van der Waals surface area contributed by atoms with Crippen LogP contribution in [-0.4, -0.2) is 34.4 Å². The number of nitrogens with one attached hydrogen (secondary N) is 1. The van der Waals surface area contributed by atoms with Crippen LogP contribution < -0.4 is 10.2 Å². The fourth-order valence-electron chi connectivity index (χ4n) is 1.51.